The molecule has 2 aromatic rings. The van der Waals surface area contributed by atoms with Crippen LogP contribution in [0.4, 0.5) is 0 Å². The Morgan fingerprint density at radius 3 is 2.52 bits per heavy atom. The molecule has 3 N–H and O–H groups in total. The molecule has 0 amide bonds. The van der Waals surface area contributed by atoms with Crippen LogP contribution in [-0.2, 0) is 6.42 Å². The van der Waals surface area contributed by atoms with E-state index in [4.69, 9.17) is 0 Å². The van der Waals surface area contributed by atoms with Crippen molar-refractivity contribution < 1.29 is 0 Å². The first-order valence-electron chi connectivity index (χ1n) is 6.89. The maximum absolute atomic E-state index is 12.0. The molecule has 6 nitrogen and oxygen atoms in total. The number of aromatic amines is 3. The summed E-state index contributed by atoms with van der Waals surface area (Å²) in [6.45, 7) is 6.23. The molecule has 0 aromatic carbocycles. The lowest BCUT2D eigenvalue weighted by molar-refractivity contribution is 1.03. The molecule has 0 saturated heterocycles. The number of rotatable bonds is 2. The molecule has 0 bridgehead atoms. The predicted octanol–water partition coefficient (Wildman–Crippen LogP) is 0.260. The van der Waals surface area contributed by atoms with Crippen molar-refractivity contribution in [3.05, 3.63) is 43.4 Å². The van der Waals surface area contributed by atoms with Gasteiger partial charge in [-0.1, -0.05) is 6.92 Å². The summed E-state index contributed by atoms with van der Waals surface area (Å²) >= 11 is 0. The molecule has 0 fully saturated rings. The second kappa shape index (κ2) is 5.05. The minimum absolute atomic E-state index is 0.181. The Labute approximate surface area is 121 Å². The molecule has 108 valence electrons. The van der Waals surface area contributed by atoms with Gasteiger partial charge in [-0.2, -0.15) is 0 Å². The Hall–Kier alpha value is -2.63. The Bertz CT molecular complexity index is 906. The zero-order chi connectivity index (χ0) is 15.0. The fourth-order valence-electron chi connectivity index (χ4n) is 2.69. The van der Waals surface area contributed by atoms with Gasteiger partial charge in [-0.05, 0) is 37.5 Å². The van der Waals surface area contributed by atoms with Gasteiger partial charge in [0, 0.05) is 23.8 Å². The van der Waals surface area contributed by atoms with Crippen LogP contribution in [-0.4, -0.2) is 27.6 Å². The average Bonchev–Trinajstić information content (AvgIpc) is 3.14. The standard InChI is InChI=1S/C15H17N5O/c1-4-10-8(2)12(18-9(10)3)7-11-13(19-20-15(11)21)14-16-5-6-17-14/h5-7,18-19H,4H2,1-3H3,(H,20,21). The molecule has 0 aliphatic carbocycles. The number of nitrogens with zero attached hydrogens (tertiary/aromatic N) is 2. The number of nitrogens with one attached hydrogen (secondary N) is 3. The van der Waals surface area contributed by atoms with Crippen LogP contribution in [0, 0.1) is 13.8 Å². The van der Waals surface area contributed by atoms with Crippen molar-refractivity contribution in [1.29, 1.82) is 0 Å². The molecule has 0 unspecified atom stereocenters. The number of aromatic nitrogens is 3. The normalized spacial score (nSPS) is 14.6. The van der Waals surface area contributed by atoms with Crippen molar-refractivity contribution in [3.63, 3.8) is 0 Å². The highest BCUT2D eigenvalue weighted by molar-refractivity contribution is 6.20. The first-order chi connectivity index (χ1) is 10.1. The fourth-order valence-corrected chi connectivity index (χ4v) is 2.69. The Morgan fingerprint density at radius 1 is 1.19 bits per heavy atom. The number of aryl methyl sites for hydroxylation is 1. The second-order valence-electron chi connectivity index (χ2n) is 5.01. The van der Waals surface area contributed by atoms with Gasteiger partial charge in [-0.25, -0.2) is 9.98 Å². The minimum Gasteiger partial charge on any atom is -0.359 e. The first-order valence-corrected chi connectivity index (χ1v) is 6.89. The third-order valence-electron chi connectivity index (χ3n) is 3.77. The van der Waals surface area contributed by atoms with Gasteiger partial charge in [0.05, 0.1) is 5.22 Å². The number of hydrogen-bond donors (Lipinski definition) is 3. The molecule has 2 aromatic heterocycles. The van der Waals surface area contributed by atoms with E-state index in [-0.39, 0.29) is 5.56 Å². The van der Waals surface area contributed by atoms with Crippen molar-refractivity contribution in [1.82, 2.24) is 15.2 Å². The van der Waals surface area contributed by atoms with Crippen LogP contribution in [0.25, 0.3) is 11.9 Å². The van der Waals surface area contributed by atoms with Crippen LogP contribution in [0.2, 0.25) is 0 Å². The van der Waals surface area contributed by atoms with Crippen molar-refractivity contribution >= 4 is 24.3 Å². The molecular weight excluding hydrogens is 266 g/mol. The van der Waals surface area contributed by atoms with Crippen LogP contribution in [0.15, 0.2) is 14.8 Å². The SMILES string of the molecule is CCc1c(C)[nH]c(C=c2c(=O)[nH][nH]c2=C2N=CC=N2)c1C. The zero-order valence-electron chi connectivity index (χ0n) is 12.2. The van der Waals surface area contributed by atoms with Gasteiger partial charge in [0.2, 0.25) is 0 Å². The van der Waals surface area contributed by atoms with E-state index in [0.717, 1.165) is 17.8 Å². The van der Waals surface area contributed by atoms with Gasteiger partial charge < -0.3 is 4.98 Å². The van der Waals surface area contributed by atoms with Crippen LogP contribution >= 0.6 is 0 Å². The van der Waals surface area contributed by atoms with Gasteiger partial charge in [0.1, 0.15) is 5.35 Å². The quantitative estimate of drug-likeness (QED) is 0.725. The lowest BCUT2D eigenvalue weighted by Gasteiger charge is -1.95. The molecule has 21 heavy (non-hydrogen) atoms. The molecule has 6 heteroatoms. The summed E-state index contributed by atoms with van der Waals surface area (Å²) in [7, 11) is 0. The lowest BCUT2D eigenvalue weighted by atomic mass is 10.1. The van der Waals surface area contributed by atoms with E-state index >= 15 is 0 Å². The lowest BCUT2D eigenvalue weighted by Crippen LogP contribution is -2.34. The Kier molecular flexibility index (Phi) is 3.21. The monoisotopic (exact) mass is 283 g/mol. The number of hydrogen-bond acceptors (Lipinski definition) is 3. The molecule has 1 aliphatic rings. The highest BCUT2D eigenvalue weighted by atomic mass is 16.1. The summed E-state index contributed by atoms with van der Waals surface area (Å²) in [5, 5.41) is 6.58. The highest BCUT2D eigenvalue weighted by Crippen LogP contribution is 2.18. The summed E-state index contributed by atoms with van der Waals surface area (Å²) in [6, 6.07) is 0. The maximum Gasteiger partial charge on any atom is 0.272 e. The van der Waals surface area contributed by atoms with E-state index in [2.05, 4.69) is 39.0 Å². The van der Waals surface area contributed by atoms with Crippen molar-refractivity contribution in [2.75, 3.05) is 0 Å². The maximum atomic E-state index is 12.0. The van der Waals surface area contributed by atoms with Crippen LogP contribution in [0.1, 0.15) is 29.4 Å². The topological polar surface area (TPSA) is 89.2 Å². The zero-order valence-corrected chi connectivity index (χ0v) is 12.2. The number of aliphatic imine (C=N–C) groups is 2. The van der Waals surface area contributed by atoms with E-state index in [1.54, 1.807) is 12.4 Å². The van der Waals surface area contributed by atoms with Gasteiger partial charge >= 0.3 is 0 Å². The van der Waals surface area contributed by atoms with E-state index in [1.165, 1.54) is 11.1 Å². The van der Waals surface area contributed by atoms with E-state index < -0.39 is 0 Å². The third kappa shape index (κ3) is 2.18. The summed E-state index contributed by atoms with van der Waals surface area (Å²) in [6.07, 6.45) is 6.01. The molecular formula is C15H17N5O. The Balaban J connectivity index is 2.30. The summed E-state index contributed by atoms with van der Waals surface area (Å²) in [5.41, 5.74) is 4.37. The van der Waals surface area contributed by atoms with Crippen LogP contribution < -0.4 is 16.1 Å². The summed E-state index contributed by atoms with van der Waals surface area (Å²) in [5.74, 6) is 0.510. The predicted molar refractivity (Wildman–Crippen MR) is 84.3 cm³/mol. The molecule has 0 radical (unpaired) electrons. The number of H-pyrrole nitrogens is 3. The molecule has 3 rings (SSSR count). The molecule has 0 saturated carbocycles. The van der Waals surface area contributed by atoms with Gasteiger partial charge in [-0.3, -0.25) is 15.0 Å². The molecule has 3 heterocycles. The average molecular weight is 283 g/mol. The smallest absolute Gasteiger partial charge is 0.272 e. The van der Waals surface area contributed by atoms with E-state index in [9.17, 15) is 4.79 Å². The highest BCUT2D eigenvalue weighted by Gasteiger charge is 2.09. The largest absolute Gasteiger partial charge is 0.359 e. The minimum atomic E-state index is -0.181. The molecule has 0 atom stereocenters. The second-order valence-corrected chi connectivity index (χ2v) is 5.01. The fraction of sp³-hybridized carbons (Fsp3) is 0.267. The summed E-state index contributed by atoms with van der Waals surface area (Å²) in [4.78, 5) is 23.6. The van der Waals surface area contributed by atoms with Crippen LogP contribution in [0.3, 0.4) is 0 Å². The Morgan fingerprint density at radius 2 is 1.90 bits per heavy atom. The van der Waals surface area contributed by atoms with Gasteiger partial charge in [0.25, 0.3) is 5.56 Å². The third-order valence-corrected chi connectivity index (χ3v) is 3.77. The van der Waals surface area contributed by atoms with Crippen LogP contribution in [0.5, 0.6) is 0 Å². The van der Waals surface area contributed by atoms with E-state index in [1.807, 2.05) is 13.0 Å². The first kappa shape index (κ1) is 13.4. The van der Waals surface area contributed by atoms with Gasteiger partial charge in [-0.15, -0.1) is 0 Å². The van der Waals surface area contributed by atoms with Crippen molar-refractivity contribution in [2.45, 2.75) is 27.2 Å². The summed E-state index contributed by atoms with van der Waals surface area (Å²) < 4.78 is 0. The molecule has 0 spiro atoms. The van der Waals surface area contributed by atoms with E-state index in [0.29, 0.717) is 16.4 Å². The van der Waals surface area contributed by atoms with Crippen molar-refractivity contribution in [2.24, 2.45) is 9.98 Å². The van der Waals surface area contributed by atoms with Gasteiger partial charge in [0.15, 0.2) is 5.82 Å². The molecule has 1 aliphatic heterocycles. The van der Waals surface area contributed by atoms with Crippen molar-refractivity contribution in [3.8, 4) is 0 Å².